The quantitative estimate of drug-likeness (QED) is 0.157. The smallest absolute Gasteiger partial charge is 0.320 e. The molecule has 1 N–H and O–H groups in total. The van der Waals surface area contributed by atoms with Crippen molar-refractivity contribution in [1.29, 1.82) is 0 Å². The van der Waals surface area contributed by atoms with E-state index < -0.39 is 0 Å². The maximum Gasteiger partial charge on any atom is 0.322 e. The van der Waals surface area contributed by atoms with Crippen molar-refractivity contribution in [3.05, 3.63) is 143 Å². The van der Waals surface area contributed by atoms with Crippen LogP contribution in [0.15, 0.2) is 121 Å². The van der Waals surface area contributed by atoms with Gasteiger partial charge in [0.05, 0.1) is 0 Å². The van der Waals surface area contributed by atoms with Crippen molar-refractivity contribution in [3.8, 4) is 0 Å². The molecule has 0 saturated carbocycles. The van der Waals surface area contributed by atoms with Gasteiger partial charge in [0.2, 0.25) is 0 Å². The predicted molar refractivity (Wildman–Crippen MR) is 174 cm³/mol. The Labute approximate surface area is 246 Å². The number of hydrogen-bond acceptors (Lipinski definition) is 1. The summed E-state index contributed by atoms with van der Waals surface area (Å²) in [5.74, 6) is 0.207. The maximum atomic E-state index is 13.9. The zero-order valence-corrected chi connectivity index (χ0v) is 24.6. The van der Waals surface area contributed by atoms with Crippen molar-refractivity contribution in [2.45, 2.75) is 58.3 Å². The molecular weight excluding hydrogens is 500 g/mol. The minimum atomic E-state index is -0.0522. The van der Waals surface area contributed by atoms with E-state index in [4.69, 9.17) is 0 Å². The fourth-order valence-electron chi connectivity index (χ4n) is 5.29. The van der Waals surface area contributed by atoms with Crippen LogP contribution in [-0.2, 0) is 6.42 Å². The highest BCUT2D eigenvalue weighted by Crippen LogP contribution is 2.29. The Morgan fingerprint density at radius 2 is 1.34 bits per heavy atom. The second kappa shape index (κ2) is 16.2. The van der Waals surface area contributed by atoms with Gasteiger partial charge in [-0.3, -0.25) is 0 Å². The number of hydrogen-bond donors (Lipinski definition) is 1. The molecule has 4 aromatic rings. The number of aryl methyl sites for hydroxylation is 1. The van der Waals surface area contributed by atoms with Gasteiger partial charge >= 0.3 is 6.03 Å². The Balaban J connectivity index is 1.60. The molecule has 41 heavy (non-hydrogen) atoms. The summed E-state index contributed by atoms with van der Waals surface area (Å²) in [7, 11) is 0. The van der Waals surface area contributed by atoms with Crippen molar-refractivity contribution in [1.82, 2.24) is 4.90 Å². The first-order chi connectivity index (χ1) is 20.2. The van der Waals surface area contributed by atoms with E-state index in [0.717, 1.165) is 31.4 Å². The van der Waals surface area contributed by atoms with E-state index in [9.17, 15) is 4.79 Å². The van der Waals surface area contributed by atoms with Gasteiger partial charge < -0.3 is 10.2 Å². The molecule has 0 spiro atoms. The van der Waals surface area contributed by atoms with E-state index >= 15 is 0 Å². The molecule has 0 unspecified atom stereocenters. The monoisotopic (exact) mass is 544 g/mol. The topological polar surface area (TPSA) is 32.3 Å². The maximum absolute atomic E-state index is 13.9. The second-order valence-electron chi connectivity index (χ2n) is 10.7. The normalized spacial score (nSPS) is 11.4. The molecule has 0 saturated heterocycles. The van der Waals surface area contributed by atoms with E-state index in [1.807, 2.05) is 23.1 Å². The van der Waals surface area contributed by atoms with E-state index in [2.05, 4.69) is 122 Å². The summed E-state index contributed by atoms with van der Waals surface area (Å²) in [6, 6.07) is 39.9. The van der Waals surface area contributed by atoms with Crippen LogP contribution in [0.25, 0.3) is 6.08 Å². The molecule has 0 aromatic heterocycles. The molecule has 0 fully saturated rings. The summed E-state index contributed by atoms with van der Waals surface area (Å²) in [6.45, 7) is 5.63. The summed E-state index contributed by atoms with van der Waals surface area (Å²) in [5, 5.41) is 3.19. The molecule has 212 valence electrons. The molecule has 3 heteroatoms. The van der Waals surface area contributed by atoms with Crippen molar-refractivity contribution in [2.75, 3.05) is 18.4 Å². The Morgan fingerprint density at radius 3 is 1.90 bits per heavy atom. The first-order valence-electron chi connectivity index (χ1n) is 15.2. The summed E-state index contributed by atoms with van der Waals surface area (Å²) in [4.78, 5) is 15.9. The average molecular weight is 545 g/mol. The number of carbonyl (C=O) groups excluding carboxylic acids is 1. The molecular formula is C38H44N2O. The lowest BCUT2D eigenvalue weighted by Crippen LogP contribution is -2.38. The predicted octanol–water partition coefficient (Wildman–Crippen LogP) is 9.97. The number of urea groups is 1. The van der Waals surface area contributed by atoms with Crippen LogP contribution in [0.1, 0.15) is 74.1 Å². The molecule has 0 aliphatic rings. The number of carbonyl (C=O) groups is 1. The highest BCUT2D eigenvalue weighted by atomic mass is 16.2. The molecule has 0 radical (unpaired) electrons. The fourth-order valence-corrected chi connectivity index (χ4v) is 5.29. The lowest BCUT2D eigenvalue weighted by molar-refractivity contribution is 0.214. The molecule has 0 atom stereocenters. The SMILES string of the molecule is CCCCCC(=Cc1ccccc1)CN(CCC(c1ccccc1)c1ccccc1)C(=O)Nc1ccc(CC)cc1. The van der Waals surface area contributed by atoms with Gasteiger partial charge in [0.25, 0.3) is 0 Å². The third-order valence-corrected chi connectivity index (χ3v) is 7.66. The average Bonchev–Trinajstić information content (AvgIpc) is 3.02. The summed E-state index contributed by atoms with van der Waals surface area (Å²) in [5.41, 5.74) is 7.12. The van der Waals surface area contributed by atoms with Gasteiger partial charge in [0.15, 0.2) is 0 Å². The molecule has 0 heterocycles. The molecule has 4 rings (SSSR count). The third kappa shape index (κ3) is 9.49. The van der Waals surface area contributed by atoms with Gasteiger partial charge in [-0.25, -0.2) is 4.79 Å². The van der Waals surface area contributed by atoms with E-state index in [0.29, 0.717) is 13.1 Å². The van der Waals surface area contributed by atoms with Crippen molar-refractivity contribution < 1.29 is 4.79 Å². The van der Waals surface area contributed by atoms with Gasteiger partial charge in [0.1, 0.15) is 0 Å². The zero-order valence-electron chi connectivity index (χ0n) is 24.6. The highest BCUT2D eigenvalue weighted by molar-refractivity contribution is 5.89. The van der Waals surface area contributed by atoms with Crippen LogP contribution in [0.2, 0.25) is 0 Å². The third-order valence-electron chi connectivity index (χ3n) is 7.66. The van der Waals surface area contributed by atoms with Crippen molar-refractivity contribution >= 4 is 17.8 Å². The minimum absolute atomic E-state index is 0.0522. The number of nitrogens with zero attached hydrogens (tertiary/aromatic N) is 1. The van der Waals surface area contributed by atoms with E-state index in [1.165, 1.54) is 40.7 Å². The van der Waals surface area contributed by atoms with Gasteiger partial charge in [-0.1, -0.05) is 141 Å². The number of unbranched alkanes of at least 4 members (excludes halogenated alkanes) is 2. The summed E-state index contributed by atoms with van der Waals surface area (Å²) < 4.78 is 0. The summed E-state index contributed by atoms with van der Waals surface area (Å²) >= 11 is 0. The van der Waals surface area contributed by atoms with Crippen LogP contribution in [0.5, 0.6) is 0 Å². The molecule has 2 amide bonds. The van der Waals surface area contributed by atoms with Gasteiger partial charge in [-0.2, -0.15) is 0 Å². The molecule has 0 aliphatic carbocycles. The Hall–Kier alpha value is -4.11. The zero-order chi connectivity index (χ0) is 28.7. The first-order valence-corrected chi connectivity index (χ1v) is 15.2. The molecule has 4 aromatic carbocycles. The minimum Gasteiger partial charge on any atom is -0.320 e. The van der Waals surface area contributed by atoms with Gasteiger partial charge in [-0.05, 0) is 60.1 Å². The van der Waals surface area contributed by atoms with Crippen molar-refractivity contribution in [3.63, 3.8) is 0 Å². The fraction of sp³-hybridized carbons (Fsp3) is 0.289. The van der Waals surface area contributed by atoms with Crippen LogP contribution in [0, 0.1) is 0 Å². The number of amides is 2. The molecule has 3 nitrogen and oxygen atoms in total. The summed E-state index contributed by atoms with van der Waals surface area (Å²) in [6.07, 6.45) is 8.56. The molecule has 0 aliphatic heterocycles. The highest BCUT2D eigenvalue weighted by Gasteiger charge is 2.20. The van der Waals surface area contributed by atoms with E-state index in [1.54, 1.807) is 0 Å². The number of rotatable bonds is 14. The Bertz CT molecular complexity index is 1290. The lowest BCUT2D eigenvalue weighted by atomic mass is 9.88. The largest absolute Gasteiger partial charge is 0.322 e. The van der Waals surface area contributed by atoms with Crippen LogP contribution < -0.4 is 5.32 Å². The van der Waals surface area contributed by atoms with Crippen LogP contribution in [0.3, 0.4) is 0 Å². The first kappa shape index (κ1) is 29.9. The van der Waals surface area contributed by atoms with Crippen LogP contribution in [0.4, 0.5) is 10.5 Å². The number of anilines is 1. The van der Waals surface area contributed by atoms with E-state index in [-0.39, 0.29) is 11.9 Å². The van der Waals surface area contributed by atoms with Crippen LogP contribution in [-0.4, -0.2) is 24.0 Å². The standard InChI is InChI=1S/C38H44N2O/c1-3-5-9-18-33(29-32-16-10-6-11-17-32)30-40(38(41)39-36-25-23-31(4-2)24-26-36)28-27-37(34-19-12-7-13-20-34)35-21-14-8-15-22-35/h6-8,10-17,19-26,29,37H,3-5,9,18,27-28,30H2,1-2H3,(H,39,41). The lowest BCUT2D eigenvalue weighted by Gasteiger charge is -2.27. The van der Waals surface area contributed by atoms with Crippen LogP contribution >= 0.6 is 0 Å². The Kier molecular flexibility index (Phi) is 11.8. The van der Waals surface area contributed by atoms with Gasteiger partial charge in [0, 0.05) is 24.7 Å². The number of benzene rings is 4. The second-order valence-corrected chi connectivity index (χ2v) is 10.7. The number of nitrogens with one attached hydrogen (secondary N) is 1. The Morgan fingerprint density at radius 1 is 0.756 bits per heavy atom. The van der Waals surface area contributed by atoms with Crippen molar-refractivity contribution in [2.24, 2.45) is 0 Å². The molecule has 0 bridgehead atoms. The van der Waals surface area contributed by atoms with Gasteiger partial charge in [-0.15, -0.1) is 0 Å².